The van der Waals surface area contributed by atoms with E-state index in [0.29, 0.717) is 29.9 Å². The third kappa shape index (κ3) is 3.77. The van der Waals surface area contributed by atoms with E-state index in [4.69, 9.17) is 4.74 Å². The van der Waals surface area contributed by atoms with Crippen molar-refractivity contribution in [1.29, 1.82) is 0 Å². The standard InChI is InChI=1S/C18H19N5O3S/c1-2-26-16-9-11-17(12-10-16)27(24,25)20-14-5-3-13(4-6-14)18-19-21-22-23(18)15-7-8-15/h3-6,9-12,15,20H,2,7-8H2,1H3. The van der Waals surface area contributed by atoms with Gasteiger partial charge in [-0.05, 0) is 78.7 Å². The Bertz CT molecular complexity index is 1030. The Morgan fingerprint density at radius 2 is 1.81 bits per heavy atom. The molecule has 1 aliphatic rings. The van der Waals surface area contributed by atoms with Gasteiger partial charge in [0.1, 0.15) is 5.75 Å². The molecule has 0 aliphatic heterocycles. The second-order valence-electron chi connectivity index (χ2n) is 6.27. The van der Waals surface area contributed by atoms with Crippen molar-refractivity contribution in [3.05, 3.63) is 48.5 Å². The molecule has 0 unspecified atom stereocenters. The minimum absolute atomic E-state index is 0.174. The first-order valence-electron chi connectivity index (χ1n) is 8.71. The van der Waals surface area contributed by atoms with E-state index in [0.717, 1.165) is 18.4 Å². The molecule has 2 aromatic carbocycles. The summed E-state index contributed by atoms with van der Waals surface area (Å²) in [5.41, 5.74) is 1.31. The van der Waals surface area contributed by atoms with Gasteiger partial charge in [-0.3, -0.25) is 4.72 Å². The van der Waals surface area contributed by atoms with Crippen molar-refractivity contribution < 1.29 is 13.2 Å². The third-order valence-electron chi connectivity index (χ3n) is 4.23. The van der Waals surface area contributed by atoms with Gasteiger partial charge in [-0.1, -0.05) is 0 Å². The van der Waals surface area contributed by atoms with Crippen LogP contribution in [0.25, 0.3) is 11.4 Å². The van der Waals surface area contributed by atoms with E-state index in [2.05, 4.69) is 20.2 Å². The predicted octanol–water partition coefficient (Wildman–Crippen LogP) is 2.87. The highest BCUT2D eigenvalue weighted by atomic mass is 32.2. The van der Waals surface area contributed by atoms with Crippen molar-refractivity contribution >= 4 is 15.7 Å². The molecule has 0 radical (unpaired) electrons. The molecule has 0 saturated heterocycles. The number of anilines is 1. The molecule has 1 aromatic heterocycles. The predicted molar refractivity (Wildman–Crippen MR) is 99.9 cm³/mol. The molecule has 1 N–H and O–H groups in total. The van der Waals surface area contributed by atoms with Crippen LogP contribution in [0.4, 0.5) is 5.69 Å². The van der Waals surface area contributed by atoms with Crippen LogP contribution in [0.5, 0.6) is 5.75 Å². The van der Waals surface area contributed by atoms with Gasteiger partial charge in [-0.2, -0.15) is 0 Å². The Balaban J connectivity index is 1.51. The van der Waals surface area contributed by atoms with E-state index in [-0.39, 0.29) is 4.90 Å². The number of sulfonamides is 1. The zero-order valence-corrected chi connectivity index (χ0v) is 15.6. The zero-order chi connectivity index (χ0) is 18.9. The van der Waals surface area contributed by atoms with Crippen molar-refractivity contribution in [3.8, 4) is 17.1 Å². The van der Waals surface area contributed by atoms with Crippen LogP contribution in [0, 0.1) is 0 Å². The fraction of sp³-hybridized carbons (Fsp3) is 0.278. The Morgan fingerprint density at radius 1 is 1.11 bits per heavy atom. The molecular weight excluding hydrogens is 366 g/mol. The van der Waals surface area contributed by atoms with Crippen LogP contribution in [0.2, 0.25) is 0 Å². The SMILES string of the molecule is CCOc1ccc(S(=O)(=O)Nc2ccc(-c3nnnn3C3CC3)cc2)cc1. The van der Waals surface area contributed by atoms with Crippen LogP contribution in [0.15, 0.2) is 53.4 Å². The third-order valence-corrected chi connectivity index (χ3v) is 5.62. The number of nitrogens with zero attached hydrogens (tertiary/aromatic N) is 4. The number of benzene rings is 2. The summed E-state index contributed by atoms with van der Waals surface area (Å²) in [5, 5.41) is 11.8. The maximum absolute atomic E-state index is 12.5. The molecule has 0 atom stereocenters. The molecule has 8 nitrogen and oxygen atoms in total. The summed E-state index contributed by atoms with van der Waals surface area (Å²) in [4.78, 5) is 0.174. The van der Waals surface area contributed by atoms with Crippen LogP contribution in [0.1, 0.15) is 25.8 Å². The average Bonchev–Trinajstić information content (AvgIpc) is 3.40. The minimum Gasteiger partial charge on any atom is -0.494 e. The maximum atomic E-state index is 12.5. The van der Waals surface area contributed by atoms with E-state index in [9.17, 15) is 8.42 Å². The molecular formula is C18H19N5O3S. The quantitative estimate of drug-likeness (QED) is 0.671. The van der Waals surface area contributed by atoms with E-state index < -0.39 is 10.0 Å². The molecule has 0 bridgehead atoms. The summed E-state index contributed by atoms with van der Waals surface area (Å²) in [6, 6.07) is 13.7. The summed E-state index contributed by atoms with van der Waals surface area (Å²) in [6.07, 6.45) is 2.16. The maximum Gasteiger partial charge on any atom is 0.261 e. The fourth-order valence-electron chi connectivity index (χ4n) is 2.73. The van der Waals surface area contributed by atoms with Gasteiger partial charge in [0.15, 0.2) is 5.82 Å². The van der Waals surface area contributed by atoms with E-state index >= 15 is 0 Å². The zero-order valence-electron chi connectivity index (χ0n) is 14.7. The lowest BCUT2D eigenvalue weighted by atomic mass is 10.2. The Hall–Kier alpha value is -2.94. The molecule has 4 rings (SSSR count). The van der Waals surface area contributed by atoms with Crippen LogP contribution in [-0.2, 0) is 10.0 Å². The summed E-state index contributed by atoms with van der Waals surface area (Å²) >= 11 is 0. The van der Waals surface area contributed by atoms with Gasteiger partial charge >= 0.3 is 0 Å². The Morgan fingerprint density at radius 3 is 2.44 bits per heavy atom. The minimum atomic E-state index is -3.67. The summed E-state index contributed by atoms with van der Waals surface area (Å²) in [5.74, 6) is 1.33. The van der Waals surface area contributed by atoms with Gasteiger partial charge < -0.3 is 4.74 Å². The number of hydrogen-bond acceptors (Lipinski definition) is 6. The lowest BCUT2D eigenvalue weighted by molar-refractivity contribution is 0.340. The number of ether oxygens (including phenoxy) is 1. The first-order chi connectivity index (χ1) is 13.1. The van der Waals surface area contributed by atoms with Gasteiger partial charge in [-0.15, -0.1) is 5.10 Å². The smallest absolute Gasteiger partial charge is 0.261 e. The van der Waals surface area contributed by atoms with Crippen molar-refractivity contribution in [2.24, 2.45) is 0 Å². The molecule has 9 heteroatoms. The highest BCUT2D eigenvalue weighted by Gasteiger charge is 2.28. The second-order valence-corrected chi connectivity index (χ2v) is 7.95. The Labute approximate surface area is 157 Å². The number of nitrogens with one attached hydrogen (secondary N) is 1. The van der Waals surface area contributed by atoms with Gasteiger partial charge in [0.05, 0.1) is 17.5 Å². The normalized spacial score (nSPS) is 14.1. The summed E-state index contributed by atoms with van der Waals surface area (Å²) in [6.45, 7) is 2.40. The van der Waals surface area contributed by atoms with Crippen LogP contribution in [0.3, 0.4) is 0 Å². The first-order valence-corrected chi connectivity index (χ1v) is 10.2. The summed E-state index contributed by atoms with van der Waals surface area (Å²) < 4.78 is 34.8. The van der Waals surface area contributed by atoms with Crippen LogP contribution < -0.4 is 9.46 Å². The number of hydrogen-bond donors (Lipinski definition) is 1. The first kappa shape index (κ1) is 17.5. The van der Waals surface area contributed by atoms with Crippen molar-refractivity contribution in [2.45, 2.75) is 30.7 Å². The molecule has 140 valence electrons. The molecule has 1 heterocycles. The fourth-order valence-corrected chi connectivity index (χ4v) is 3.79. The molecule has 1 saturated carbocycles. The van der Waals surface area contributed by atoms with Crippen molar-refractivity contribution in [1.82, 2.24) is 20.2 Å². The number of tetrazole rings is 1. The number of aromatic nitrogens is 4. The largest absolute Gasteiger partial charge is 0.494 e. The van der Waals surface area contributed by atoms with Gasteiger partial charge in [0.25, 0.3) is 10.0 Å². The van der Waals surface area contributed by atoms with E-state index in [1.54, 1.807) is 36.4 Å². The number of rotatable bonds is 7. The topological polar surface area (TPSA) is 99.0 Å². The molecule has 1 fully saturated rings. The van der Waals surface area contributed by atoms with Crippen molar-refractivity contribution in [2.75, 3.05) is 11.3 Å². The van der Waals surface area contributed by atoms with Gasteiger partial charge in [0.2, 0.25) is 0 Å². The highest BCUT2D eigenvalue weighted by molar-refractivity contribution is 7.92. The van der Waals surface area contributed by atoms with Crippen LogP contribution >= 0.6 is 0 Å². The van der Waals surface area contributed by atoms with Gasteiger partial charge in [-0.25, -0.2) is 13.1 Å². The van der Waals surface area contributed by atoms with Crippen molar-refractivity contribution in [3.63, 3.8) is 0 Å². The highest BCUT2D eigenvalue weighted by Crippen LogP contribution is 2.36. The lowest BCUT2D eigenvalue weighted by Gasteiger charge is -2.10. The Kier molecular flexibility index (Phi) is 4.53. The molecule has 3 aromatic rings. The summed E-state index contributed by atoms with van der Waals surface area (Å²) in [7, 11) is -3.67. The van der Waals surface area contributed by atoms with E-state index in [1.165, 1.54) is 12.1 Å². The molecule has 0 amide bonds. The van der Waals surface area contributed by atoms with Crippen LogP contribution in [-0.4, -0.2) is 35.2 Å². The molecule has 1 aliphatic carbocycles. The average molecular weight is 385 g/mol. The van der Waals surface area contributed by atoms with E-state index in [1.807, 2.05) is 11.6 Å². The molecule has 27 heavy (non-hydrogen) atoms. The second kappa shape index (κ2) is 6.99. The van der Waals surface area contributed by atoms with Gasteiger partial charge in [0, 0.05) is 11.3 Å². The monoisotopic (exact) mass is 385 g/mol. The lowest BCUT2D eigenvalue weighted by Crippen LogP contribution is -2.12. The molecule has 0 spiro atoms.